The average molecular weight is 706 g/mol. The molecule has 272 valence electrons. The number of phenols is 1. The van der Waals surface area contributed by atoms with Crippen LogP contribution in [0.2, 0.25) is 0 Å². The SMILES string of the molecule is Cc1cc(O)cc(C)c1CC(N)C(=O)N1Cc2ccccc2CC1C(=O)NC(CCCCNC(=O)OCc1ccccc1)C(=O)Nc1ccccc1. The van der Waals surface area contributed by atoms with Crippen LogP contribution in [0, 0.1) is 13.8 Å². The van der Waals surface area contributed by atoms with Crippen molar-refractivity contribution in [3.63, 3.8) is 0 Å². The largest absolute Gasteiger partial charge is 0.508 e. The van der Waals surface area contributed by atoms with Gasteiger partial charge in [0, 0.05) is 25.2 Å². The zero-order chi connectivity index (χ0) is 37.0. The molecule has 0 radical (unpaired) electrons. The van der Waals surface area contributed by atoms with Gasteiger partial charge in [-0.25, -0.2) is 4.79 Å². The molecule has 6 N–H and O–H groups in total. The number of nitrogens with zero attached hydrogens (tertiary/aromatic N) is 1. The Labute approximate surface area is 304 Å². The molecule has 1 aliphatic heterocycles. The number of benzene rings is 4. The van der Waals surface area contributed by atoms with Gasteiger partial charge >= 0.3 is 6.09 Å². The van der Waals surface area contributed by atoms with E-state index < -0.39 is 30.1 Å². The molecule has 3 unspecified atom stereocenters. The normalized spacial score (nSPS) is 14.8. The predicted octanol–water partition coefficient (Wildman–Crippen LogP) is 5.05. The van der Waals surface area contributed by atoms with Gasteiger partial charge in [-0.1, -0.05) is 72.8 Å². The highest BCUT2D eigenvalue weighted by Gasteiger charge is 2.38. The number of carbonyl (C=O) groups is 4. The molecule has 0 aliphatic carbocycles. The van der Waals surface area contributed by atoms with Gasteiger partial charge < -0.3 is 36.4 Å². The van der Waals surface area contributed by atoms with Gasteiger partial charge in [-0.3, -0.25) is 14.4 Å². The molecule has 3 atom stereocenters. The van der Waals surface area contributed by atoms with Crippen LogP contribution in [-0.4, -0.2) is 58.5 Å². The van der Waals surface area contributed by atoms with Crippen LogP contribution in [0.5, 0.6) is 5.75 Å². The molecule has 4 aromatic carbocycles. The molecular formula is C41H47N5O6. The van der Waals surface area contributed by atoms with E-state index >= 15 is 0 Å². The van der Waals surface area contributed by atoms with Gasteiger partial charge in [0.2, 0.25) is 17.7 Å². The average Bonchev–Trinajstić information content (AvgIpc) is 3.14. The molecule has 11 nitrogen and oxygen atoms in total. The van der Waals surface area contributed by atoms with Gasteiger partial charge in [0.1, 0.15) is 24.4 Å². The summed E-state index contributed by atoms with van der Waals surface area (Å²) in [5.74, 6) is -1.08. The first-order valence-electron chi connectivity index (χ1n) is 17.6. The maximum Gasteiger partial charge on any atom is 0.407 e. The number of ether oxygens (including phenoxy) is 1. The lowest BCUT2D eigenvalue weighted by molar-refractivity contribution is -0.143. The summed E-state index contributed by atoms with van der Waals surface area (Å²) in [5.41, 5.74) is 12.4. The number of carbonyl (C=O) groups excluding carboxylic acids is 4. The molecule has 5 rings (SSSR count). The van der Waals surface area contributed by atoms with Crippen molar-refractivity contribution in [1.29, 1.82) is 0 Å². The summed E-state index contributed by atoms with van der Waals surface area (Å²) in [4.78, 5) is 55.5. The minimum Gasteiger partial charge on any atom is -0.508 e. The van der Waals surface area contributed by atoms with Crippen molar-refractivity contribution in [3.05, 3.63) is 130 Å². The predicted molar refractivity (Wildman–Crippen MR) is 199 cm³/mol. The Morgan fingerprint density at radius 3 is 2.21 bits per heavy atom. The summed E-state index contributed by atoms with van der Waals surface area (Å²) in [7, 11) is 0. The third kappa shape index (κ3) is 10.2. The van der Waals surface area contributed by atoms with Gasteiger partial charge in [0.05, 0.1) is 6.04 Å². The molecule has 0 aromatic heterocycles. The molecule has 4 aromatic rings. The Hall–Kier alpha value is -5.68. The van der Waals surface area contributed by atoms with Crippen molar-refractivity contribution >= 4 is 29.5 Å². The van der Waals surface area contributed by atoms with E-state index in [2.05, 4.69) is 16.0 Å². The molecule has 0 spiro atoms. The third-order valence-electron chi connectivity index (χ3n) is 9.33. The van der Waals surface area contributed by atoms with Crippen molar-refractivity contribution in [3.8, 4) is 5.75 Å². The Balaban J connectivity index is 1.26. The summed E-state index contributed by atoms with van der Waals surface area (Å²) < 4.78 is 5.28. The van der Waals surface area contributed by atoms with E-state index in [1.807, 2.05) is 74.5 Å². The second-order valence-electron chi connectivity index (χ2n) is 13.2. The number of hydrogen-bond acceptors (Lipinski definition) is 7. The van der Waals surface area contributed by atoms with Crippen LogP contribution in [0.4, 0.5) is 10.5 Å². The number of phenolic OH excluding ortho intramolecular Hbond substituents is 1. The number of hydrogen-bond donors (Lipinski definition) is 5. The topological polar surface area (TPSA) is 163 Å². The first-order valence-corrected chi connectivity index (χ1v) is 17.6. The number of aryl methyl sites for hydroxylation is 2. The van der Waals surface area contributed by atoms with E-state index in [-0.39, 0.29) is 43.6 Å². The summed E-state index contributed by atoms with van der Waals surface area (Å²) in [6.45, 7) is 4.41. The Morgan fingerprint density at radius 1 is 0.885 bits per heavy atom. The maximum absolute atomic E-state index is 14.2. The van der Waals surface area contributed by atoms with E-state index in [0.29, 0.717) is 31.5 Å². The standard InChI is InChI=1S/C41H47N5O6/c1-27-21-33(47)22-28(2)34(27)24-35(42)40(50)46-25-31-16-10-9-15-30(31)23-37(46)39(49)45-36(38(48)44-32-17-7-4-8-18-32)19-11-12-20-43-41(51)52-26-29-13-5-3-6-14-29/h3-10,13-18,21-22,35-37,47H,11-12,19-20,23-26,42H2,1-2H3,(H,43,51)(H,44,48)(H,45,49). The monoisotopic (exact) mass is 705 g/mol. The molecule has 1 heterocycles. The Bertz CT molecular complexity index is 1830. The molecule has 4 amide bonds. The second-order valence-corrected chi connectivity index (χ2v) is 13.2. The van der Waals surface area contributed by atoms with E-state index in [0.717, 1.165) is 33.4 Å². The fourth-order valence-electron chi connectivity index (χ4n) is 6.53. The zero-order valence-corrected chi connectivity index (χ0v) is 29.6. The van der Waals surface area contributed by atoms with Gasteiger partial charge in [0.25, 0.3) is 0 Å². The van der Waals surface area contributed by atoms with E-state index in [1.54, 1.807) is 36.4 Å². The molecule has 0 bridgehead atoms. The lowest BCUT2D eigenvalue weighted by Crippen LogP contribution is -2.58. The highest BCUT2D eigenvalue weighted by Crippen LogP contribution is 2.27. The number of amides is 4. The van der Waals surface area contributed by atoms with E-state index in [1.165, 1.54) is 4.90 Å². The fourth-order valence-corrected chi connectivity index (χ4v) is 6.53. The summed E-state index contributed by atoms with van der Waals surface area (Å²) in [5, 5.41) is 18.6. The first kappa shape index (κ1) is 37.6. The molecule has 0 fully saturated rings. The molecule has 1 aliphatic rings. The number of rotatable bonds is 14. The quantitative estimate of drug-likeness (QED) is 0.115. The van der Waals surface area contributed by atoms with Crippen LogP contribution < -0.4 is 21.7 Å². The molecular weight excluding hydrogens is 658 g/mol. The van der Waals surface area contributed by atoms with Crippen LogP contribution in [-0.2, 0) is 45.1 Å². The van der Waals surface area contributed by atoms with Crippen molar-refractivity contribution in [2.75, 3.05) is 11.9 Å². The molecule has 52 heavy (non-hydrogen) atoms. The van der Waals surface area contributed by atoms with Crippen LogP contribution >= 0.6 is 0 Å². The molecule has 11 heteroatoms. The van der Waals surface area contributed by atoms with Gasteiger partial charge in [-0.15, -0.1) is 0 Å². The lowest BCUT2D eigenvalue weighted by atomic mass is 9.91. The van der Waals surface area contributed by atoms with Crippen molar-refractivity contribution in [1.82, 2.24) is 15.5 Å². The zero-order valence-electron chi connectivity index (χ0n) is 29.6. The number of para-hydroxylation sites is 1. The number of alkyl carbamates (subject to hydrolysis) is 1. The maximum atomic E-state index is 14.2. The number of unbranched alkanes of at least 4 members (excludes halogenated alkanes) is 1. The van der Waals surface area contributed by atoms with Gasteiger partial charge in [0.15, 0.2) is 0 Å². The van der Waals surface area contributed by atoms with Gasteiger partial charge in [-0.2, -0.15) is 0 Å². The van der Waals surface area contributed by atoms with Crippen LogP contribution in [0.1, 0.15) is 52.6 Å². The molecule has 0 saturated carbocycles. The number of anilines is 1. The Morgan fingerprint density at radius 2 is 1.52 bits per heavy atom. The highest BCUT2D eigenvalue weighted by atomic mass is 16.5. The lowest BCUT2D eigenvalue weighted by Gasteiger charge is -2.38. The highest BCUT2D eigenvalue weighted by molar-refractivity contribution is 5.98. The second kappa shape index (κ2) is 18.0. The number of nitrogens with two attached hydrogens (primary N) is 1. The minimum atomic E-state index is -0.938. The van der Waals surface area contributed by atoms with Crippen molar-refractivity contribution in [2.24, 2.45) is 5.73 Å². The van der Waals surface area contributed by atoms with E-state index in [9.17, 15) is 24.3 Å². The third-order valence-corrected chi connectivity index (χ3v) is 9.33. The number of nitrogens with one attached hydrogen (secondary N) is 3. The Kier molecular flexibility index (Phi) is 13.0. The van der Waals surface area contributed by atoms with Crippen molar-refractivity contribution in [2.45, 2.75) is 77.2 Å². The first-order chi connectivity index (χ1) is 25.1. The fraction of sp³-hybridized carbons (Fsp3) is 0.317. The van der Waals surface area contributed by atoms with Crippen LogP contribution in [0.15, 0.2) is 97.1 Å². The summed E-state index contributed by atoms with van der Waals surface area (Å²) in [6, 6.07) is 26.6. The summed E-state index contributed by atoms with van der Waals surface area (Å²) >= 11 is 0. The van der Waals surface area contributed by atoms with Crippen LogP contribution in [0.25, 0.3) is 0 Å². The minimum absolute atomic E-state index is 0.145. The van der Waals surface area contributed by atoms with Crippen molar-refractivity contribution < 1.29 is 29.0 Å². The smallest absolute Gasteiger partial charge is 0.407 e. The summed E-state index contributed by atoms with van der Waals surface area (Å²) in [6.07, 6.45) is 1.31. The van der Waals surface area contributed by atoms with Crippen LogP contribution in [0.3, 0.4) is 0 Å². The van der Waals surface area contributed by atoms with Gasteiger partial charge in [-0.05, 0) is 97.2 Å². The van der Waals surface area contributed by atoms with E-state index in [4.69, 9.17) is 10.5 Å². The number of aromatic hydroxyl groups is 1. The number of fused-ring (bicyclic) bond motifs is 1. The molecule has 0 saturated heterocycles.